The molecule has 0 bridgehead atoms. The molecule has 2 aromatic carbocycles. The van der Waals surface area contributed by atoms with Gasteiger partial charge in [-0.15, -0.1) is 0 Å². The summed E-state index contributed by atoms with van der Waals surface area (Å²) < 4.78 is 11.9. The van der Waals surface area contributed by atoms with Crippen LogP contribution in [-0.2, 0) is 0 Å². The van der Waals surface area contributed by atoms with E-state index in [1.165, 1.54) is 0 Å². The summed E-state index contributed by atoms with van der Waals surface area (Å²) in [5.41, 5.74) is 0.883. The monoisotopic (exact) mass is 394 g/mol. The number of benzene rings is 2. The van der Waals surface area contributed by atoms with Crippen molar-refractivity contribution in [2.24, 2.45) is 5.92 Å². The minimum Gasteiger partial charge on any atom is -0.441 e. The summed E-state index contributed by atoms with van der Waals surface area (Å²) in [5, 5.41) is 18.3. The summed E-state index contributed by atoms with van der Waals surface area (Å²) >= 11 is 3.38. The van der Waals surface area contributed by atoms with Crippen molar-refractivity contribution in [2.45, 2.75) is 5.92 Å². The molecule has 0 saturated heterocycles. The van der Waals surface area contributed by atoms with Gasteiger partial charge in [-0.1, -0.05) is 40.2 Å². The molecule has 0 aliphatic carbocycles. The predicted molar refractivity (Wildman–Crippen MR) is 95.9 cm³/mol. The summed E-state index contributed by atoms with van der Waals surface area (Å²) in [6.07, 6.45) is 0. The quantitative estimate of drug-likeness (QED) is 0.626. The van der Waals surface area contributed by atoms with Crippen molar-refractivity contribution in [3.63, 3.8) is 0 Å². The molecule has 3 aromatic rings. The van der Waals surface area contributed by atoms with E-state index in [9.17, 15) is 10.1 Å². The van der Waals surface area contributed by atoms with E-state index < -0.39 is 17.5 Å². The van der Waals surface area contributed by atoms with Crippen molar-refractivity contribution < 1.29 is 9.15 Å². The van der Waals surface area contributed by atoms with Gasteiger partial charge in [-0.2, -0.15) is 5.26 Å². The number of hydrogen-bond acceptors (Lipinski definition) is 5. The molecule has 1 aliphatic rings. The van der Waals surface area contributed by atoms with Crippen LogP contribution in [0.2, 0.25) is 0 Å². The van der Waals surface area contributed by atoms with Crippen LogP contribution in [0, 0.1) is 22.7 Å². The van der Waals surface area contributed by atoms with Crippen molar-refractivity contribution in [1.82, 2.24) is 0 Å². The molecule has 0 amide bonds. The summed E-state index contributed by atoms with van der Waals surface area (Å²) in [7, 11) is 0. The fourth-order valence-corrected chi connectivity index (χ4v) is 3.43. The van der Waals surface area contributed by atoms with Crippen LogP contribution < -0.4 is 10.4 Å². The van der Waals surface area contributed by atoms with Gasteiger partial charge < -0.3 is 9.15 Å². The zero-order valence-corrected chi connectivity index (χ0v) is 14.4. The highest BCUT2D eigenvalue weighted by Gasteiger charge is 2.40. The number of hydrogen-bond donors (Lipinski definition) is 1. The van der Waals surface area contributed by atoms with Crippen molar-refractivity contribution in [2.75, 3.05) is 0 Å². The standard InChI is InChI=1S/C19H11BrN2O3/c20-11-7-5-10(6-8-11)15-13(9-21)18(22)25-17-12-3-1-2-4-14(12)24-19(23)16(15)17/h1-8,13,15,22H/t13-,15+/m1/s1. The van der Waals surface area contributed by atoms with E-state index in [1.54, 1.807) is 24.3 Å². The largest absolute Gasteiger partial charge is 0.441 e. The summed E-state index contributed by atoms with van der Waals surface area (Å²) in [6.45, 7) is 0. The zero-order chi connectivity index (χ0) is 17.6. The first-order chi connectivity index (χ1) is 12.1. The molecule has 0 radical (unpaired) electrons. The highest BCUT2D eigenvalue weighted by atomic mass is 79.9. The molecule has 25 heavy (non-hydrogen) atoms. The minimum atomic E-state index is -0.891. The van der Waals surface area contributed by atoms with Gasteiger partial charge in [0.2, 0.25) is 5.90 Å². The Labute approximate surface area is 151 Å². The highest BCUT2D eigenvalue weighted by molar-refractivity contribution is 9.10. The molecule has 0 spiro atoms. The molecule has 2 heterocycles. The van der Waals surface area contributed by atoms with E-state index in [4.69, 9.17) is 14.6 Å². The van der Waals surface area contributed by atoms with Crippen LogP contribution in [0.5, 0.6) is 5.75 Å². The van der Waals surface area contributed by atoms with Crippen LogP contribution >= 0.6 is 15.9 Å². The highest BCUT2D eigenvalue weighted by Crippen LogP contribution is 2.43. The zero-order valence-electron chi connectivity index (χ0n) is 12.8. The molecule has 6 heteroatoms. The van der Waals surface area contributed by atoms with Gasteiger partial charge in [0, 0.05) is 10.4 Å². The number of nitrogens with one attached hydrogen (secondary N) is 1. The number of ether oxygens (including phenoxy) is 1. The summed E-state index contributed by atoms with van der Waals surface area (Å²) in [4.78, 5) is 12.7. The van der Waals surface area contributed by atoms with Crippen molar-refractivity contribution in [3.05, 3.63) is 74.6 Å². The van der Waals surface area contributed by atoms with E-state index in [2.05, 4.69) is 22.0 Å². The van der Waals surface area contributed by atoms with Crippen molar-refractivity contribution >= 4 is 32.8 Å². The Morgan fingerprint density at radius 3 is 2.56 bits per heavy atom. The molecule has 1 aromatic heterocycles. The maximum absolute atomic E-state index is 12.7. The average molecular weight is 395 g/mol. The molecule has 2 atom stereocenters. The molecular weight excluding hydrogens is 384 g/mol. The van der Waals surface area contributed by atoms with Crippen molar-refractivity contribution in [3.8, 4) is 11.8 Å². The normalized spacial score (nSPS) is 19.1. The van der Waals surface area contributed by atoms with Gasteiger partial charge in [0.05, 0.1) is 17.0 Å². The van der Waals surface area contributed by atoms with Crippen LogP contribution in [-0.4, -0.2) is 5.90 Å². The smallest absolute Gasteiger partial charge is 0.343 e. The van der Waals surface area contributed by atoms with Gasteiger partial charge in [-0.3, -0.25) is 5.41 Å². The maximum atomic E-state index is 12.7. The lowest BCUT2D eigenvalue weighted by Crippen LogP contribution is -2.34. The molecule has 1 aliphatic heterocycles. The van der Waals surface area contributed by atoms with Gasteiger partial charge >= 0.3 is 5.63 Å². The third kappa shape index (κ3) is 2.44. The SMILES string of the molecule is N#C[C@H]1C(=N)Oc2c(c(=O)oc3ccccc23)[C@H]1c1ccc(Br)cc1. The Kier molecular flexibility index (Phi) is 3.66. The Hall–Kier alpha value is -2.91. The lowest BCUT2D eigenvalue weighted by Gasteiger charge is -2.29. The molecule has 0 unspecified atom stereocenters. The Bertz CT molecular complexity index is 1100. The number of fused-ring (bicyclic) bond motifs is 3. The molecule has 5 nitrogen and oxygen atoms in total. The van der Waals surface area contributed by atoms with Gasteiger partial charge in [0.15, 0.2) is 5.75 Å². The van der Waals surface area contributed by atoms with Crippen LogP contribution in [0.25, 0.3) is 11.0 Å². The Morgan fingerprint density at radius 2 is 1.84 bits per heavy atom. The van der Waals surface area contributed by atoms with Crippen LogP contribution in [0.4, 0.5) is 0 Å². The lowest BCUT2D eigenvalue weighted by molar-refractivity contribution is 0.431. The third-order valence-electron chi connectivity index (χ3n) is 4.31. The van der Waals surface area contributed by atoms with Gasteiger partial charge in [0.25, 0.3) is 0 Å². The number of halogens is 1. The van der Waals surface area contributed by atoms with Crippen LogP contribution in [0.3, 0.4) is 0 Å². The first-order valence-electron chi connectivity index (χ1n) is 7.57. The fraction of sp³-hybridized carbons (Fsp3) is 0.105. The second-order valence-corrected chi connectivity index (χ2v) is 6.65. The maximum Gasteiger partial charge on any atom is 0.343 e. The van der Waals surface area contributed by atoms with Crippen molar-refractivity contribution in [1.29, 1.82) is 10.7 Å². The second kappa shape index (κ2) is 5.87. The first kappa shape index (κ1) is 15.6. The third-order valence-corrected chi connectivity index (χ3v) is 4.83. The number of rotatable bonds is 1. The first-order valence-corrected chi connectivity index (χ1v) is 8.36. The minimum absolute atomic E-state index is 0.168. The molecule has 4 rings (SSSR count). The summed E-state index contributed by atoms with van der Waals surface area (Å²) in [6, 6.07) is 16.4. The van der Waals surface area contributed by atoms with Gasteiger partial charge in [-0.25, -0.2) is 4.79 Å². The van der Waals surface area contributed by atoms with Crippen LogP contribution in [0.15, 0.2) is 62.2 Å². The van der Waals surface area contributed by atoms with Gasteiger partial charge in [-0.05, 0) is 29.8 Å². The topological polar surface area (TPSA) is 87.1 Å². The average Bonchev–Trinajstić information content (AvgIpc) is 2.61. The molecular formula is C19H11BrN2O3. The molecule has 122 valence electrons. The predicted octanol–water partition coefficient (Wildman–Crippen LogP) is 4.20. The van der Waals surface area contributed by atoms with E-state index in [0.717, 1.165) is 10.0 Å². The lowest BCUT2D eigenvalue weighted by atomic mass is 9.79. The van der Waals surface area contributed by atoms with E-state index in [0.29, 0.717) is 16.7 Å². The number of para-hydroxylation sites is 1. The second-order valence-electron chi connectivity index (χ2n) is 5.73. The van der Waals surface area contributed by atoms with E-state index in [1.807, 2.05) is 24.3 Å². The summed E-state index contributed by atoms with van der Waals surface area (Å²) in [5.74, 6) is -1.37. The number of nitrogens with zero attached hydrogens (tertiary/aromatic N) is 1. The van der Waals surface area contributed by atoms with Crippen LogP contribution in [0.1, 0.15) is 17.0 Å². The van der Waals surface area contributed by atoms with E-state index >= 15 is 0 Å². The van der Waals surface area contributed by atoms with Gasteiger partial charge in [0.1, 0.15) is 11.5 Å². The molecule has 1 N–H and O–H groups in total. The van der Waals surface area contributed by atoms with E-state index in [-0.39, 0.29) is 11.5 Å². The fourth-order valence-electron chi connectivity index (χ4n) is 3.17. The molecule has 0 fully saturated rings. The number of nitriles is 1. The Balaban J connectivity index is 2.06. The Morgan fingerprint density at radius 1 is 1.12 bits per heavy atom. The molecule has 0 saturated carbocycles.